The van der Waals surface area contributed by atoms with Gasteiger partial charge in [-0.25, -0.2) is 0 Å². The van der Waals surface area contributed by atoms with E-state index in [0.29, 0.717) is 13.2 Å². The lowest BCUT2D eigenvalue weighted by Crippen LogP contribution is -2.13. The van der Waals surface area contributed by atoms with Crippen LogP contribution in [0.4, 0.5) is 0 Å². The molecule has 1 aliphatic heterocycles. The molecule has 1 unspecified atom stereocenters. The van der Waals surface area contributed by atoms with Crippen molar-refractivity contribution in [2.24, 2.45) is 0 Å². The van der Waals surface area contributed by atoms with Gasteiger partial charge in [0.25, 0.3) is 0 Å². The molecule has 6 rings (SSSR count). The van der Waals surface area contributed by atoms with Gasteiger partial charge in [-0.1, -0.05) is 81.1 Å². The smallest absolute Gasteiger partial charge is 0.132 e. The molecule has 0 amide bonds. The Labute approximate surface area is 236 Å². The van der Waals surface area contributed by atoms with Crippen LogP contribution >= 0.6 is 0 Å². The summed E-state index contributed by atoms with van der Waals surface area (Å²) in [5.74, 6) is 3.46. The first-order chi connectivity index (χ1) is 19.6. The van der Waals surface area contributed by atoms with Gasteiger partial charge >= 0.3 is 0 Å². The average molecular weight is 527 g/mol. The molecular weight excluding hydrogens is 492 g/mol. The molecule has 3 heteroatoms. The molecule has 0 N–H and O–H groups in total. The summed E-state index contributed by atoms with van der Waals surface area (Å²) in [5.41, 5.74) is 5.96. The molecule has 0 fully saturated rings. The second-order valence-corrected chi connectivity index (χ2v) is 10.6. The molecule has 40 heavy (non-hydrogen) atoms. The van der Waals surface area contributed by atoms with Crippen LogP contribution < -0.4 is 14.2 Å². The Balaban J connectivity index is 1.55. The van der Waals surface area contributed by atoms with E-state index in [1.807, 2.05) is 13.0 Å². The highest BCUT2D eigenvalue weighted by Crippen LogP contribution is 2.52. The maximum Gasteiger partial charge on any atom is 0.132 e. The zero-order valence-electron chi connectivity index (χ0n) is 23.2. The molecule has 1 heterocycles. The third-order valence-electron chi connectivity index (χ3n) is 7.49. The Kier molecular flexibility index (Phi) is 7.04. The average Bonchev–Trinajstić information content (AvgIpc) is 2.98. The van der Waals surface area contributed by atoms with Crippen LogP contribution in [-0.2, 0) is 6.42 Å². The summed E-state index contributed by atoms with van der Waals surface area (Å²) in [5, 5.41) is 4.57. The normalized spacial score (nSPS) is 13.8. The maximum atomic E-state index is 6.62. The summed E-state index contributed by atoms with van der Waals surface area (Å²) in [7, 11) is 0. The van der Waals surface area contributed by atoms with Crippen LogP contribution in [0.1, 0.15) is 48.4 Å². The van der Waals surface area contributed by atoms with Crippen LogP contribution in [0.15, 0.2) is 110 Å². The number of ether oxygens (including phenoxy) is 3. The van der Waals surface area contributed by atoms with Crippen molar-refractivity contribution in [3.8, 4) is 23.0 Å². The maximum absolute atomic E-state index is 6.62. The van der Waals surface area contributed by atoms with Gasteiger partial charge in [-0.15, -0.1) is 0 Å². The summed E-state index contributed by atoms with van der Waals surface area (Å²) < 4.78 is 18.4. The monoisotopic (exact) mass is 526 g/mol. The van der Waals surface area contributed by atoms with Crippen molar-refractivity contribution in [3.05, 3.63) is 132 Å². The highest BCUT2D eigenvalue weighted by atomic mass is 16.5. The van der Waals surface area contributed by atoms with Crippen molar-refractivity contribution >= 4 is 21.5 Å². The Bertz CT molecular complexity index is 1730. The quantitative estimate of drug-likeness (QED) is 0.176. The Morgan fingerprint density at radius 3 is 1.95 bits per heavy atom. The first-order valence-corrected chi connectivity index (χ1v) is 14.0. The predicted molar refractivity (Wildman–Crippen MR) is 165 cm³/mol. The fraction of sp³-hybridized carbons (Fsp3) is 0.189. The zero-order valence-corrected chi connectivity index (χ0v) is 23.2. The Morgan fingerprint density at radius 1 is 0.800 bits per heavy atom. The van der Waals surface area contributed by atoms with Gasteiger partial charge in [-0.3, -0.25) is 0 Å². The van der Waals surface area contributed by atoms with Crippen LogP contribution in [0, 0.1) is 0 Å². The Morgan fingerprint density at radius 2 is 1.40 bits per heavy atom. The standard InChI is InChI=1S/C37H34O3/c1-5-7-25-8-10-26(11-9-25)35-36-31-16-14-29(38-20-6-2)21-27(31)12-18-33(36)40-34-19-13-28-22-30(39-23-24(3)4)15-17-32(28)37(34)35/h6,8-19,21-22,35H,2-3,5,7,20,23H2,1,4H3. The summed E-state index contributed by atoms with van der Waals surface area (Å²) in [6, 6.07) is 30.2. The van der Waals surface area contributed by atoms with Gasteiger partial charge in [-0.05, 0) is 88.0 Å². The highest BCUT2D eigenvalue weighted by Gasteiger charge is 2.32. The molecule has 0 saturated heterocycles. The number of rotatable bonds is 9. The minimum absolute atomic E-state index is 0.00366. The largest absolute Gasteiger partial charge is 0.490 e. The third kappa shape index (κ3) is 4.84. The van der Waals surface area contributed by atoms with Crippen LogP contribution in [0.5, 0.6) is 23.0 Å². The van der Waals surface area contributed by atoms with E-state index in [9.17, 15) is 0 Å². The topological polar surface area (TPSA) is 27.7 Å². The molecule has 1 atom stereocenters. The molecule has 0 aliphatic carbocycles. The van der Waals surface area contributed by atoms with Crippen molar-refractivity contribution in [1.29, 1.82) is 0 Å². The van der Waals surface area contributed by atoms with Crippen LogP contribution in [0.3, 0.4) is 0 Å². The SMILES string of the molecule is C=CCOc1ccc2c3c(ccc2c1)Oc1ccc2cc(OCC(=C)C)ccc2c1C3c1ccc(CCC)cc1. The molecule has 0 bridgehead atoms. The van der Waals surface area contributed by atoms with Crippen LogP contribution in [-0.4, -0.2) is 13.2 Å². The molecule has 1 aliphatic rings. The third-order valence-corrected chi connectivity index (χ3v) is 7.49. The van der Waals surface area contributed by atoms with Gasteiger partial charge in [-0.2, -0.15) is 0 Å². The summed E-state index contributed by atoms with van der Waals surface area (Å²) in [6.07, 6.45) is 3.97. The van der Waals surface area contributed by atoms with Gasteiger partial charge in [0.15, 0.2) is 0 Å². The fourth-order valence-corrected chi connectivity index (χ4v) is 5.70. The van der Waals surface area contributed by atoms with E-state index >= 15 is 0 Å². The minimum Gasteiger partial charge on any atom is -0.490 e. The van der Waals surface area contributed by atoms with E-state index in [1.165, 1.54) is 22.3 Å². The van der Waals surface area contributed by atoms with E-state index in [0.717, 1.165) is 63.0 Å². The second kappa shape index (κ2) is 10.9. The lowest BCUT2D eigenvalue weighted by molar-refractivity contribution is 0.353. The predicted octanol–water partition coefficient (Wildman–Crippen LogP) is 9.75. The zero-order chi connectivity index (χ0) is 27.6. The van der Waals surface area contributed by atoms with E-state index in [4.69, 9.17) is 14.2 Å². The molecule has 0 aromatic heterocycles. The molecule has 5 aromatic rings. The molecule has 0 spiro atoms. The van der Waals surface area contributed by atoms with Crippen molar-refractivity contribution in [1.82, 2.24) is 0 Å². The molecule has 0 radical (unpaired) electrons. The Hall–Kier alpha value is -4.50. The summed E-state index contributed by atoms with van der Waals surface area (Å²) in [6.45, 7) is 12.9. The van der Waals surface area contributed by atoms with Gasteiger partial charge in [0.1, 0.15) is 36.2 Å². The van der Waals surface area contributed by atoms with Gasteiger partial charge < -0.3 is 14.2 Å². The highest BCUT2D eigenvalue weighted by molar-refractivity contribution is 5.96. The van der Waals surface area contributed by atoms with Crippen LogP contribution in [0.2, 0.25) is 0 Å². The lowest BCUT2D eigenvalue weighted by atomic mass is 9.78. The molecule has 200 valence electrons. The number of benzene rings is 5. The lowest BCUT2D eigenvalue weighted by Gasteiger charge is -2.31. The van der Waals surface area contributed by atoms with E-state index < -0.39 is 0 Å². The molecule has 0 saturated carbocycles. The fourth-order valence-electron chi connectivity index (χ4n) is 5.70. The van der Waals surface area contributed by atoms with Gasteiger partial charge in [0.05, 0.1) is 0 Å². The number of fused-ring (bicyclic) bond motifs is 6. The first-order valence-electron chi connectivity index (χ1n) is 14.0. The van der Waals surface area contributed by atoms with Crippen LogP contribution in [0.25, 0.3) is 21.5 Å². The van der Waals surface area contributed by atoms with Gasteiger partial charge in [0.2, 0.25) is 0 Å². The first kappa shape index (κ1) is 25.8. The number of hydrogen-bond donors (Lipinski definition) is 0. The number of hydrogen-bond acceptors (Lipinski definition) is 3. The van der Waals surface area contributed by atoms with E-state index in [1.54, 1.807) is 6.08 Å². The molecule has 5 aromatic carbocycles. The van der Waals surface area contributed by atoms with E-state index in [2.05, 4.69) is 98.9 Å². The van der Waals surface area contributed by atoms with E-state index in [-0.39, 0.29) is 5.92 Å². The summed E-state index contributed by atoms with van der Waals surface area (Å²) in [4.78, 5) is 0. The van der Waals surface area contributed by atoms with Crippen molar-refractivity contribution in [3.63, 3.8) is 0 Å². The number of aryl methyl sites for hydroxylation is 1. The minimum atomic E-state index is 0.00366. The van der Waals surface area contributed by atoms with Gasteiger partial charge in [0, 0.05) is 17.0 Å². The van der Waals surface area contributed by atoms with Crippen molar-refractivity contribution in [2.75, 3.05) is 13.2 Å². The second-order valence-electron chi connectivity index (χ2n) is 10.6. The molecular formula is C37H34O3. The van der Waals surface area contributed by atoms with Crippen molar-refractivity contribution < 1.29 is 14.2 Å². The van der Waals surface area contributed by atoms with Crippen molar-refractivity contribution in [2.45, 2.75) is 32.6 Å². The molecule has 3 nitrogen and oxygen atoms in total. The summed E-state index contributed by atoms with van der Waals surface area (Å²) >= 11 is 0.